The number of rotatable bonds is 3. The Kier molecular flexibility index (Phi) is 3.84. The van der Waals surface area contributed by atoms with E-state index in [-0.39, 0.29) is 5.54 Å². The molecule has 2 nitrogen and oxygen atoms in total. The number of nitrogens with one attached hydrogen (secondary N) is 2. The number of halogens is 2. The zero-order valence-corrected chi connectivity index (χ0v) is 8.67. The lowest BCUT2D eigenvalue weighted by atomic mass is 10.0. The first-order valence-corrected chi connectivity index (χ1v) is 4.88. The molecule has 2 N–H and O–H groups in total. The molecule has 0 amide bonds. The summed E-state index contributed by atoms with van der Waals surface area (Å²) in [4.78, 5) is 0. The van der Waals surface area contributed by atoms with Gasteiger partial charge in [-0.05, 0) is 19.9 Å². The second kappa shape index (κ2) is 4.47. The Morgan fingerprint density at radius 1 is 1.75 bits per heavy atom. The Morgan fingerprint density at radius 2 is 2.50 bits per heavy atom. The summed E-state index contributed by atoms with van der Waals surface area (Å²) in [5.41, 5.74) is 1.58. The van der Waals surface area contributed by atoms with Gasteiger partial charge in [0, 0.05) is 29.2 Å². The lowest BCUT2D eigenvalue weighted by Crippen LogP contribution is -2.44. The molecule has 1 saturated heterocycles. The van der Waals surface area contributed by atoms with Gasteiger partial charge in [-0.3, -0.25) is 0 Å². The van der Waals surface area contributed by atoms with Gasteiger partial charge < -0.3 is 10.6 Å². The molecule has 0 aromatic heterocycles. The van der Waals surface area contributed by atoms with Gasteiger partial charge in [-0.1, -0.05) is 23.2 Å². The smallest absolute Gasteiger partial charge is 0.0432 e. The Bertz CT molecular complexity index is 174. The molecule has 0 spiro atoms. The first-order chi connectivity index (χ1) is 5.66. The van der Waals surface area contributed by atoms with Gasteiger partial charge in [0.2, 0.25) is 0 Å². The third-order valence-corrected chi connectivity index (χ3v) is 2.79. The van der Waals surface area contributed by atoms with Crippen LogP contribution in [-0.4, -0.2) is 25.2 Å². The van der Waals surface area contributed by atoms with Gasteiger partial charge in [-0.2, -0.15) is 0 Å². The van der Waals surface area contributed by atoms with E-state index in [4.69, 9.17) is 23.2 Å². The van der Waals surface area contributed by atoms with Gasteiger partial charge in [0.15, 0.2) is 0 Å². The molecule has 0 aromatic carbocycles. The largest absolute Gasteiger partial charge is 0.315 e. The van der Waals surface area contributed by atoms with Crippen LogP contribution in [0.25, 0.3) is 0 Å². The van der Waals surface area contributed by atoms with Crippen LogP contribution in [0, 0.1) is 0 Å². The summed E-state index contributed by atoms with van der Waals surface area (Å²) in [5.74, 6) is 0. The molecular weight excluding hydrogens is 195 g/mol. The van der Waals surface area contributed by atoms with Crippen molar-refractivity contribution in [3.8, 4) is 0 Å². The molecule has 1 aliphatic heterocycles. The first-order valence-electron chi connectivity index (χ1n) is 4.07. The van der Waals surface area contributed by atoms with Gasteiger partial charge in [0.25, 0.3) is 0 Å². The van der Waals surface area contributed by atoms with E-state index in [1.807, 2.05) is 0 Å². The molecule has 0 radical (unpaired) electrons. The highest BCUT2D eigenvalue weighted by molar-refractivity contribution is 6.36. The minimum Gasteiger partial charge on any atom is -0.315 e. The Morgan fingerprint density at radius 3 is 3.00 bits per heavy atom. The summed E-state index contributed by atoms with van der Waals surface area (Å²) in [5, 5.41) is 7.32. The van der Waals surface area contributed by atoms with Gasteiger partial charge >= 0.3 is 0 Å². The Labute approximate surface area is 83.3 Å². The van der Waals surface area contributed by atoms with Crippen molar-refractivity contribution in [2.75, 3.05) is 19.6 Å². The monoisotopic (exact) mass is 208 g/mol. The second-order valence-corrected chi connectivity index (χ2v) is 4.10. The molecule has 1 unspecified atom stereocenters. The highest BCUT2D eigenvalue weighted by atomic mass is 35.5. The summed E-state index contributed by atoms with van der Waals surface area (Å²) in [6.07, 6.45) is 1.14. The maximum atomic E-state index is 5.75. The Balaban J connectivity index is 2.30. The van der Waals surface area contributed by atoms with Crippen molar-refractivity contribution >= 4 is 23.2 Å². The van der Waals surface area contributed by atoms with Crippen molar-refractivity contribution in [1.29, 1.82) is 0 Å². The lowest BCUT2D eigenvalue weighted by Gasteiger charge is -2.24. The van der Waals surface area contributed by atoms with E-state index in [1.165, 1.54) is 5.54 Å². The van der Waals surface area contributed by atoms with Gasteiger partial charge in [0.05, 0.1) is 0 Å². The summed E-state index contributed by atoms with van der Waals surface area (Å²) < 4.78 is 0. The van der Waals surface area contributed by atoms with Gasteiger partial charge in [0.1, 0.15) is 0 Å². The van der Waals surface area contributed by atoms with Crippen LogP contribution in [0.5, 0.6) is 0 Å². The second-order valence-electron chi connectivity index (χ2n) is 3.40. The molecule has 12 heavy (non-hydrogen) atoms. The maximum absolute atomic E-state index is 5.75. The molecule has 1 fully saturated rings. The molecule has 0 aliphatic carbocycles. The van der Waals surface area contributed by atoms with E-state index >= 15 is 0 Å². The van der Waals surface area contributed by atoms with E-state index < -0.39 is 0 Å². The fraction of sp³-hybridized carbons (Fsp3) is 0.750. The predicted octanol–water partition coefficient (Wildman–Crippen LogP) is 1.65. The van der Waals surface area contributed by atoms with Crippen LogP contribution < -0.4 is 10.6 Å². The van der Waals surface area contributed by atoms with Crippen LogP contribution in [0.15, 0.2) is 10.6 Å². The molecule has 0 bridgehead atoms. The molecule has 4 heteroatoms. The SMILES string of the molecule is CC1(NC/C(Cl)=C/Cl)CCNC1. The van der Waals surface area contributed by atoms with Crippen molar-refractivity contribution < 1.29 is 0 Å². The van der Waals surface area contributed by atoms with Crippen molar-refractivity contribution in [3.05, 3.63) is 10.6 Å². The zero-order chi connectivity index (χ0) is 9.03. The predicted molar refractivity (Wildman–Crippen MR) is 53.7 cm³/mol. The molecule has 1 rings (SSSR count). The molecular formula is C8H14Cl2N2. The van der Waals surface area contributed by atoms with Crippen LogP contribution in [0.4, 0.5) is 0 Å². The molecule has 70 valence electrons. The summed E-state index contributed by atoms with van der Waals surface area (Å²) in [6, 6.07) is 0. The highest BCUT2D eigenvalue weighted by Crippen LogP contribution is 2.14. The van der Waals surface area contributed by atoms with E-state index in [2.05, 4.69) is 17.6 Å². The van der Waals surface area contributed by atoms with Crippen LogP contribution in [0.3, 0.4) is 0 Å². The summed E-state index contributed by atoms with van der Waals surface area (Å²) in [6.45, 7) is 4.92. The molecule has 0 aromatic rings. The zero-order valence-electron chi connectivity index (χ0n) is 7.16. The number of hydrogen-bond donors (Lipinski definition) is 2. The van der Waals surface area contributed by atoms with Crippen molar-refractivity contribution in [3.63, 3.8) is 0 Å². The lowest BCUT2D eigenvalue weighted by molar-refractivity contribution is 0.406. The van der Waals surface area contributed by atoms with Crippen LogP contribution in [-0.2, 0) is 0 Å². The molecule has 0 saturated carbocycles. The third kappa shape index (κ3) is 2.94. The fourth-order valence-corrected chi connectivity index (χ4v) is 1.45. The number of hydrogen-bond acceptors (Lipinski definition) is 2. The first kappa shape index (κ1) is 10.3. The average molecular weight is 209 g/mol. The van der Waals surface area contributed by atoms with Crippen LogP contribution in [0.2, 0.25) is 0 Å². The van der Waals surface area contributed by atoms with E-state index in [9.17, 15) is 0 Å². The van der Waals surface area contributed by atoms with Crippen molar-refractivity contribution in [2.45, 2.75) is 18.9 Å². The average Bonchev–Trinajstić information content (AvgIpc) is 2.49. The molecule has 1 atom stereocenters. The summed E-state index contributed by atoms with van der Waals surface area (Å²) >= 11 is 11.2. The fourth-order valence-electron chi connectivity index (χ4n) is 1.30. The van der Waals surface area contributed by atoms with E-state index in [0.29, 0.717) is 11.6 Å². The third-order valence-electron chi connectivity index (χ3n) is 2.17. The van der Waals surface area contributed by atoms with E-state index in [0.717, 1.165) is 19.5 Å². The van der Waals surface area contributed by atoms with Crippen molar-refractivity contribution in [1.82, 2.24) is 10.6 Å². The van der Waals surface area contributed by atoms with Crippen molar-refractivity contribution in [2.24, 2.45) is 0 Å². The maximum Gasteiger partial charge on any atom is 0.0432 e. The quantitative estimate of drug-likeness (QED) is 0.738. The van der Waals surface area contributed by atoms with Gasteiger partial charge in [-0.15, -0.1) is 0 Å². The normalized spacial score (nSPS) is 31.1. The van der Waals surface area contributed by atoms with E-state index in [1.54, 1.807) is 0 Å². The topological polar surface area (TPSA) is 24.1 Å². The van der Waals surface area contributed by atoms with Gasteiger partial charge in [-0.25, -0.2) is 0 Å². The highest BCUT2D eigenvalue weighted by Gasteiger charge is 2.27. The minimum absolute atomic E-state index is 0.181. The minimum atomic E-state index is 0.181. The standard InChI is InChI=1S/C8H14Cl2N2/c1-8(2-3-11-6-8)12-5-7(10)4-9/h4,11-12H,2-3,5-6H2,1H3/b7-4-. The summed E-state index contributed by atoms with van der Waals surface area (Å²) in [7, 11) is 0. The van der Waals surface area contributed by atoms with Crippen LogP contribution >= 0.6 is 23.2 Å². The van der Waals surface area contributed by atoms with Crippen LogP contribution in [0.1, 0.15) is 13.3 Å². The molecule has 1 heterocycles. The molecule has 1 aliphatic rings. The Hall–Kier alpha value is 0.240.